The SMILES string of the molecule is O=C(c1ccc(-c2ccccc2)cc1)N1CC(S(=O)(=O)C2CCCCC2)C1. The molecule has 1 saturated heterocycles. The van der Waals surface area contributed by atoms with Crippen LogP contribution in [0.4, 0.5) is 0 Å². The molecule has 0 aromatic heterocycles. The van der Waals surface area contributed by atoms with Gasteiger partial charge in [0.05, 0.1) is 10.5 Å². The van der Waals surface area contributed by atoms with E-state index >= 15 is 0 Å². The number of carbonyl (C=O) groups excluding carboxylic acids is 1. The number of benzene rings is 2. The Labute approximate surface area is 161 Å². The Balaban J connectivity index is 1.39. The number of hydrogen-bond donors (Lipinski definition) is 0. The molecule has 2 fully saturated rings. The molecule has 0 radical (unpaired) electrons. The summed E-state index contributed by atoms with van der Waals surface area (Å²) < 4.78 is 25.5. The summed E-state index contributed by atoms with van der Waals surface area (Å²) in [7, 11) is -3.11. The van der Waals surface area contributed by atoms with Crippen LogP contribution in [0.3, 0.4) is 0 Å². The molecule has 4 rings (SSSR count). The van der Waals surface area contributed by atoms with E-state index in [0.29, 0.717) is 18.7 Å². The van der Waals surface area contributed by atoms with Crippen LogP contribution in [0, 0.1) is 0 Å². The quantitative estimate of drug-likeness (QED) is 0.804. The van der Waals surface area contributed by atoms with Crippen LogP contribution in [0.5, 0.6) is 0 Å². The van der Waals surface area contributed by atoms with Gasteiger partial charge in [-0.1, -0.05) is 61.7 Å². The molecule has 27 heavy (non-hydrogen) atoms. The summed E-state index contributed by atoms with van der Waals surface area (Å²) >= 11 is 0. The van der Waals surface area contributed by atoms with Gasteiger partial charge >= 0.3 is 0 Å². The standard InChI is InChI=1S/C22H25NO3S/c24-22(19-13-11-18(12-14-19)17-7-3-1-4-8-17)23-15-21(16-23)27(25,26)20-9-5-2-6-10-20/h1,3-4,7-8,11-14,20-21H,2,5-6,9-10,15-16H2. The molecule has 1 amide bonds. The minimum absolute atomic E-state index is 0.0790. The minimum atomic E-state index is -3.11. The molecule has 1 saturated carbocycles. The predicted molar refractivity (Wildman–Crippen MR) is 107 cm³/mol. The van der Waals surface area contributed by atoms with E-state index in [9.17, 15) is 13.2 Å². The van der Waals surface area contributed by atoms with E-state index in [0.717, 1.165) is 43.2 Å². The highest BCUT2D eigenvalue weighted by Gasteiger charge is 2.43. The van der Waals surface area contributed by atoms with Crippen molar-refractivity contribution in [2.75, 3.05) is 13.1 Å². The van der Waals surface area contributed by atoms with Gasteiger partial charge in [0.1, 0.15) is 0 Å². The highest BCUT2D eigenvalue weighted by molar-refractivity contribution is 7.92. The molecule has 1 aliphatic heterocycles. The third kappa shape index (κ3) is 3.65. The zero-order valence-electron chi connectivity index (χ0n) is 15.4. The summed E-state index contributed by atoms with van der Waals surface area (Å²) in [5, 5.41) is -0.577. The molecule has 5 heteroatoms. The van der Waals surface area contributed by atoms with Crippen molar-refractivity contribution in [1.29, 1.82) is 0 Å². The van der Waals surface area contributed by atoms with Gasteiger partial charge in [-0.2, -0.15) is 0 Å². The summed E-state index contributed by atoms with van der Waals surface area (Å²) in [5.74, 6) is -0.0790. The van der Waals surface area contributed by atoms with Crippen molar-refractivity contribution in [3.8, 4) is 11.1 Å². The Morgan fingerprint density at radius 3 is 2.00 bits per heavy atom. The molecule has 0 spiro atoms. The summed E-state index contributed by atoms with van der Waals surface area (Å²) in [5.41, 5.74) is 2.79. The lowest BCUT2D eigenvalue weighted by Gasteiger charge is -2.40. The monoisotopic (exact) mass is 383 g/mol. The largest absolute Gasteiger partial charge is 0.336 e. The fourth-order valence-electron chi connectivity index (χ4n) is 4.10. The molecule has 0 N–H and O–H groups in total. The number of amides is 1. The van der Waals surface area contributed by atoms with E-state index in [1.807, 2.05) is 54.6 Å². The van der Waals surface area contributed by atoms with Gasteiger partial charge in [0, 0.05) is 18.7 Å². The van der Waals surface area contributed by atoms with E-state index < -0.39 is 9.84 Å². The van der Waals surface area contributed by atoms with Crippen LogP contribution >= 0.6 is 0 Å². The first-order valence-electron chi connectivity index (χ1n) is 9.73. The van der Waals surface area contributed by atoms with E-state index in [4.69, 9.17) is 0 Å². The normalized spacial score (nSPS) is 18.9. The van der Waals surface area contributed by atoms with Gasteiger partial charge in [0.25, 0.3) is 5.91 Å². The number of sulfone groups is 1. The maximum absolute atomic E-state index is 12.7. The highest BCUT2D eigenvalue weighted by atomic mass is 32.2. The number of carbonyl (C=O) groups is 1. The average Bonchev–Trinajstić information content (AvgIpc) is 2.68. The fourth-order valence-corrected chi connectivity index (χ4v) is 6.41. The first-order valence-corrected chi connectivity index (χ1v) is 11.3. The van der Waals surface area contributed by atoms with Crippen molar-refractivity contribution >= 4 is 15.7 Å². The molecule has 142 valence electrons. The lowest BCUT2D eigenvalue weighted by atomic mass is 10.0. The van der Waals surface area contributed by atoms with Gasteiger partial charge in [-0.25, -0.2) is 8.42 Å². The molecule has 2 aromatic rings. The summed E-state index contributed by atoms with van der Waals surface area (Å²) in [4.78, 5) is 14.3. The number of likely N-dealkylation sites (tertiary alicyclic amines) is 1. The predicted octanol–water partition coefficient (Wildman–Crippen LogP) is 3.93. The van der Waals surface area contributed by atoms with Crippen LogP contribution < -0.4 is 0 Å². The second-order valence-corrected chi connectivity index (χ2v) is 10.1. The third-order valence-corrected chi connectivity index (χ3v) is 8.48. The maximum atomic E-state index is 12.7. The summed E-state index contributed by atoms with van der Waals surface area (Å²) in [6, 6.07) is 17.6. The van der Waals surface area contributed by atoms with Gasteiger partial charge in [0.2, 0.25) is 0 Å². The molecular formula is C22H25NO3S. The van der Waals surface area contributed by atoms with Gasteiger partial charge in [-0.3, -0.25) is 4.79 Å². The van der Waals surface area contributed by atoms with E-state index in [2.05, 4.69) is 0 Å². The highest BCUT2D eigenvalue weighted by Crippen LogP contribution is 2.30. The second kappa shape index (κ2) is 7.47. The number of hydrogen-bond acceptors (Lipinski definition) is 3. The van der Waals surface area contributed by atoms with Crippen molar-refractivity contribution in [2.45, 2.75) is 42.6 Å². The molecule has 1 aliphatic carbocycles. The summed E-state index contributed by atoms with van der Waals surface area (Å²) in [6.45, 7) is 0.663. The van der Waals surface area contributed by atoms with Crippen molar-refractivity contribution in [3.63, 3.8) is 0 Å². The molecule has 0 atom stereocenters. The molecule has 4 nitrogen and oxygen atoms in total. The Morgan fingerprint density at radius 1 is 0.778 bits per heavy atom. The smallest absolute Gasteiger partial charge is 0.253 e. The second-order valence-electron chi connectivity index (χ2n) is 7.62. The van der Waals surface area contributed by atoms with E-state index in [1.54, 1.807) is 4.90 Å². The van der Waals surface area contributed by atoms with Crippen LogP contribution in [0.1, 0.15) is 42.5 Å². The number of nitrogens with zero attached hydrogens (tertiary/aromatic N) is 1. The van der Waals surface area contributed by atoms with Crippen LogP contribution in [-0.4, -0.2) is 42.8 Å². The van der Waals surface area contributed by atoms with Crippen molar-refractivity contribution < 1.29 is 13.2 Å². The van der Waals surface area contributed by atoms with Gasteiger partial charge in [0.15, 0.2) is 9.84 Å². The fraction of sp³-hybridized carbons (Fsp3) is 0.409. The van der Waals surface area contributed by atoms with E-state index in [-0.39, 0.29) is 16.4 Å². The van der Waals surface area contributed by atoms with Crippen molar-refractivity contribution in [2.24, 2.45) is 0 Å². The molecule has 0 bridgehead atoms. The van der Waals surface area contributed by atoms with Gasteiger partial charge in [-0.15, -0.1) is 0 Å². The Kier molecular flexibility index (Phi) is 5.04. The number of rotatable bonds is 4. The lowest BCUT2D eigenvalue weighted by Crippen LogP contribution is -2.58. The van der Waals surface area contributed by atoms with Crippen LogP contribution in [0.25, 0.3) is 11.1 Å². The zero-order valence-corrected chi connectivity index (χ0v) is 16.2. The van der Waals surface area contributed by atoms with Crippen molar-refractivity contribution in [1.82, 2.24) is 4.90 Å². The molecule has 0 unspecified atom stereocenters. The summed E-state index contributed by atoms with van der Waals surface area (Å²) in [6.07, 6.45) is 4.72. The first-order chi connectivity index (χ1) is 13.1. The Hall–Kier alpha value is -2.14. The zero-order chi connectivity index (χ0) is 18.9. The molecule has 2 aromatic carbocycles. The van der Waals surface area contributed by atoms with Crippen LogP contribution in [0.2, 0.25) is 0 Å². The Morgan fingerprint density at radius 2 is 1.37 bits per heavy atom. The molecule has 1 heterocycles. The van der Waals surface area contributed by atoms with E-state index in [1.165, 1.54) is 0 Å². The lowest BCUT2D eigenvalue weighted by molar-refractivity contribution is 0.0658. The van der Waals surface area contributed by atoms with Crippen LogP contribution in [0.15, 0.2) is 54.6 Å². The maximum Gasteiger partial charge on any atom is 0.253 e. The van der Waals surface area contributed by atoms with Crippen molar-refractivity contribution in [3.05, 3.63) is 60.2 Å². The van der Waals surface area contributed by atoms with Gasteiger partial charge < -0.3 is 4.90 Å². The minimum Gasteiger partial charge on any atom is -0.336 e. The van der Waals surface area contributed by atoms with Crippen LogP contribution in [-0.2, 0) is 9.84 Å². The molecule has 2 aliphatic rings. The first kappa shape index (κ1) is 18.2. The van der Waals surface area contributed by atoms with Gasteiger partial charge in [-0.05, 0) is 36.1 Å². The Bertz CT molecular complexity index is 894. The molecular weight excluding hydrogens is 358 g/mol. The average molecular weight is 384 g/mol. The third-order valence-electron chi connectivity index (χ3n) is 5.86. The topological polar surface area (TPSA) is 54.5 Å².